The van der Waals surface area contributed by atoms with Crippen LogP contribution in [-0.2, 0) is 10.3 Å². The summed E-state index contributed by atoms with van der Waals surface area (Å²) in [5, 5.41) is 0. The molecule has 0 aliphatic rings. The minimum atomic E-state index is -0.724. The molecule has 0 amide bonds. The molecule has 0 fully saturated rings. The van der Waals surface area contributed by atoms with E-state index in [4.69, 9.17) is 0 Å². The number of nitrogens with zero attached hydrogens (tertiary/aromatic N) is 2. The van der Waals surface area contributed by atoms with Crippen LogP contribution in [0.2, 0.25) is 0 Å². The highest BCUT2D eigenvalue weighted by Crippen LogP contribution is 2.18. The van der Waals surface area contributed by atoms with Crippen molar-refractivity contribution in [3.8, 4) is 0 Å². The van der Waals surface area contributed by atoms with Crippen molar-refractivity contribution in [3.05, 3.63) is 18.0 Å². The molecule has 0 unspecified atom stereocenters. The van der Waals surface area contributed by atoms with E-state index >= 15 is 0 Å². The largest absolute Gasteiger partial charge is 0.461 e. The second kappa shape index (κ2) is 4.00. The van der Waals surface area contributed by atoms with E-state index in [1.165, 1.54) is 10.9 Å². The van der Waals surface area contributed by atoms with E-state index < -0.39 is 17.5 Å². The Morgan fingerprint density at radius 2 is 2.20 bits per heavy atom. The lowest BCUT2D eigenvalue weighted by atomic mass is 10.1. The summed E-state index contributed by atoms with van der Waals surface area (Å²) in [6.45, 7) is 7.35. The molecule has 0 bridgehead atoms. The zero-order valence-electron chi connectivity index (χ0n) is 9.37. The van der Waals surface area contributed by atoms with E-state index in [9.17, 15) is 9.18 Å². The third-order valence-corrected chi connectivity index (χ3v) is 1.90. The highest BCUT2D eigenvalue weighted by Gasteiger charge is 2.24. The van der Waals surface area contributed by atoms with E-state index in [0.29, 0.717) is 0 Å². The molecule has 5 heteroatoms. The maximum atomic E-state index is 13.7. The number of halogens is 1. The number of hydrogen-bond acceptors (Lipinski definition) is 3. The SMILES string of the molecule is CCOC(=O)c1ncn(C(C)(C)C)c1F. The molecule has 1 aromatic heterocycles. The van der Waals surface area contributed by atoms with Crippen LogP contribution in [-0.4, -0.2) is 22.1 Å². The molecule has 0 aliphatic heterocycles. The molecule has 84 valence electrons. The van der Waals surface area contributed by atoms with Crippen LogP contribution >= 0.6 is 0 Å². The van der Waals surface area contributed by atoms with Crippen molar-refractivity contribution in [3.63, 3.8) is 0 Å². The number of aromatic nitrogens is 2. The van der Waals surface area contributed by atoms with Crippen LogP contribution in [0.5, 0.6) is 0 Å². The van der Waals surface area contributed by atoms with Gasteiger partial charge < -0.3 is 9.30 Å². The van der Waals surface area contributed by atoms with Gasteiger partial charge in [0.15, 0.2) is 0 Å². The topological polar surface area (TPSA) is 44.1 Å². The van der Waals surface area contributed by atoms with Gasteiger partial charge in [-0.25, -0.2) is 9.78 Å². The van der Waals surface area contributed by atoms with Crippen molar-refractivity contribution in [2.45, 2.75) is 33.2 Å². The van der Waals surface area contributed by atoms with Gasteiger partial charge in [-0.15, -0.1) is 0 Å². The maximum absolute atomic E-state index is 13.7. The predicted octanol–water partition coefficient (Wildman–Crippen LogP) is 1.95. The lowest BCUT2D eigenvalue weighted by Crippen LogP contribution is -2.23. The summed E-state index contributed by atoms with van der Waals surface area (Å²) in [4.78, 5) is 15.0. The summed E-state index contributed by atoms with van der Waals surface area (Å²) in [5.74, 6) is -1.38. The fraction of sp³-hybridized carbons (Fsp3) is 0.600. The van der Waals surface area contributed by atoms with Crippen molar-refractivity contribution < 1.29 is 13.9 Å². The van der Waals surface area contributed by atoms with Gasteiger partial charge in [0.05, 0.1) is 12.9 Å². The fourth-order valence-corrected chi connectivity index (χ4v) is 1.14. The molecule has 0 atom stereocenters. The summed E-state index contributed by atoms with van der Waals surface area (Å²) < 4.78 is 19.7. The van der Waals surface area contributed by atoms with Crippen LogP contribution in [0.3, 0.4) is 0 Å². The summed E-state index contributed by atoms with van der Waals surface area (Å²) in [6.07, 6.45) is 1.31. The van der Waals surface area contributed by atoms with Gasteiger partial charge in [0.25, 0.3) is 0 Å². The summed E-state index contributed by atoms with van der Waals surface area (Å²) in [7, 11) is 0. The van der Waals surface area contributed by atoms with E-state index in [1.807, 2.05) is 20.8 Å². The smallest absolute Gasteiger partial charge is 0.361 e. The van der Waals surface area contributed by atoms with Crippen LogP contribution in [0, 0.1) is 5.95 Å². The first-order valence-electron chi connectivity index (χ1n) is 4.78. The van der Waals surface area contributed by atoms with Crippen molar-refractivity contribution in [1.82, 2.24) is 9.55 Å². The Hall–Kier alpha value is -1.39. The number of ether oxygens (including phenoxy) is 1. The average Bonchev–Trinajstić information content (AvgIpc) is 2.46. The van der Waals surface area contributed by atoms with Crippen molar-refractivity contribution >= 4 is 5.97 Å². The second-order valence-corrected chi connectivity index (χ2v) is 4.15. The van der Waals surface area contributed by atoms with Gasteiger partial charge in [-0.3, -0.25) is 0 Å². The van der Waals surface area contributed by atoms with Gasteiger partial charge in [-0.05, 0) is 27.7 Å². The minimum absolute atomic E-state index is 0.209. The van der Waals surface area contributed by atoms with E-state index in [0.717, 1.165) is 0 Å². The molecule has 15 heavy (non-hydrogen) atoms. The molecule has 0 aliphatic carbocycles. The zero-order valence-corrected chi connectivity index (χ0v) is 9.37. The summed E-state index contributed by atoms with van der Waals surface area (Å²) in [5.41, 5.74) is -0.700. The molecule has 4 nitrogen and oxygen atoms in total. The third kappa shape index (κ3) is 2.34. The van der Waals surface area contributed by atoms with Crippen LogP contribution in [0.4, 0.5) is 4.39 Å². The van der Waals surface area contributed by atoms with Crippen LogP contribution in [0.1, 0.15) is 38.2 Å². The third-order valence-electron chi connectivity index (χ3n) is 1.90. The lowest BCUT2D eigenvalue weighted by Gasteiger charge is -2.20. The summed E-state index contributed by atoms with van der Waals surface area (Å²) >= 11 is 0. The van der Waals surface area contributed by atoms with Gasteiger partial charge in [-0.2, -0.15) is 4.39 Å². The molecule has 1 heterocycles. The van der Waals surface area contributed by atoms with E-state index in [-0.39, 0.29) is 12.3 Å². The van der Waals surface area contributed by atoms with E-state index in [1.54, 1.807) is 6.92 Å². The molecule has 0 aromatic carbocycles. The molecule has 0 saturated carbocycles. The van der Waals surface area contributed by atoms with Crippen molar-refractivity contribution in [1.29, 1.82) is 0 Å². The van der Waals surface area contributed by atoms with Gasteiger partial charge in [0.2, 0.25) is 11.6 Å². The quantitative estimate of drug-likeness (QED) is 0.707. The van der Waals surface area contributed by atoms with Crippen LogP contribution < -0.4 is 0 Å². The van der Waals surface area contributed by atoms with Crippen molar-refractivity contribution in [2.75, 3.05) is 6.61 Å². The molecule has 0 N–H and O–H groups in total. The average molecular weight is 214 g/mol. The predicted molar refractivity (Wildman–Crippen MR) is 53.1 cm³/mol. The Morgan fingerprint density at radius 1 is 1.60 bits per heavy atom. The number of carbonyl (C=O) groups is 1. The van der Waals surface area contributed by atoms with Crippen LogP contribution in [0.15, 0.2) is 6.33 Å². The lowest BCUT2D eigenvalue weighted by molar-refractivity contribution is 0.0513. The standard InChI is InChI=1S/C10H15FN2O2/c1-5-15-9(14)7-8(11)13(6-12-7)10(2,3)4/h6H,5H2,1-4H3. The van der Waals surface area contributed by atoms with Gasteiger partial charge in [0, 0.05) is 5.54 Å². The van der Waals surface area contributed by atoms with Gasteiger partial charge in [0.1, 0.15) is 0 Å². The molecular formula is C10H15FN2O2. The first kappa shape index (κ1) is 11.7. The summed E-state index contributed by atoms with van der Waals surface area (Å²) in [6, 6.07) is 0. The Bertz CT molecular complexity index is 366. The minimum Gasteiger partial charge on any atom is -0.461 e. The van der Waals surface area contributed by atoms with Crippen molar-refractivity contribution in [2.24, 2.45) is 0 Å². The molecule has 0 radical (unpaired) electrons. The number of imidazole rings is 1. The monoisotopic (exact) mass is 214 g/mol. The van der Waals surface area contributed by atoms with Gasteiger partial charge >= 0.3 is 5.97 Å². The molecule has 1 aromatic rings. The second-order valence-electron chi connectivity index (χ2n) is 4.15. The molecular weight excluding hydrogens is 199 g/mol. The first-order valence-corrected chi connectivity index (χ1v) is 4.78. The molecule has 1 rings (SSSR count). The Labute approximate surface area is 88.1 Å². The van der Waals surface area contributed by atoms with Gasteiger partial charge in [-0.1, -0.05) is 0 Å². The number of rotatable bonds is 2. The first-order chi connectivity index (χ1) is 6.88. The number of carbonyl (C=O) groups excluding carboxylic acids is 1. The Morgan fingerprint density at radius 3 is 2.60 bits per heavy atom. The van der Waals surface area contributed by atoms with E-state index in [2.05, 4.69) is 9.72 Å². The highest BCUT2D eigenvalue weighted by atomic mass is 19.1. The highest BCUT2D eigenvalue weighted by molar-refractivity contribution is 5.87. The number of esters is 1. The molecule has 0 spiro atoms. The molecule has 0 saturated heterocycles. The van der Waals surface area contributed by atoms with Crippen LogP contribution in [0.25, 0.3) is 0 Å². The maximum Gasteiger partial charge on any atom is 0.361 e. The Balaban J connectivity index is 3.04. The normalized spacial score (nSPS) is 11.5. The zero-order chi connectivity index (χ0) is 11.6. The Kier molecular flexibility index (Phi) is 3.12. The fourth-order valence-electron chi connectivity index (χ4n) is 1.14. The number of hydrogen-bond donors (Lipinski definition) is 0.